The van der Waals surface area contributed by atoms with Crippen LogP contribution in [0.15, 0.2) is 13.2 Å². The molecule has 0 aromatic carbocycles. The van der Waals surface area contributed by atoms with Gasteiger partial charge in [0.05, 0.1) is 0 Å². The van der Waals surface area contributed by atoms with Crippen molar-refractivity contribution < 1.29 is 15.0 Å². The Balaban J connectivity index is -0.0000000480. The number of hydrogen-bond acceptors (Lipinski definition) is 1. The summed E-state index contributed by atoms with van der Waals surface area (Å²) in [7, 11) is 0. The van der Waals surface area contributed by atoms with Crippen molar-refractivity contribution in [1.29, 1.82) is 0 Å². The molecule has 0 heterocycles. The molecule has 0 atom stereocenters. The zero-order valence-electron chi connectivity index (χ0n) is 3.22. The van der Waals surface area contributed by atoms with Crippen LogP contribution in [-0.4, -0.2) is 45.9 Å². The van der Waals surface area contributed by atoms with Crippen LogP contribution in [0.25, 0.3) is 0 Å². The summed E-state index contributed by atoms with van der Waals surface area (Å²) in [5.41, 5.74) is 0. The monoisotopic (exact) mass is 114 g/mol. The van der Waals surface area contributed by atoms with E-state index in [1.165, 1.54) is 0 Å². The van der Waals surface area contributed by atoms with Gasteiger partial charge in [-0.05, 0) is 0 Å². The SMILES string of the molecule is C=C.O=C(O)O.[NaH]. The molecule has 38 valence electrons. The summed E-state index contributed by atoms with van der Waals surface area (Å²) in [6.07, 6.45) is -1.83. The average molecular weight is 114 g/mol. The molecule has 0 aromatic rings. The van der Waals surface area contributed by atoms with Crippen LogP contribution in [-0.2, 0) is 0 Å². The van der Waals surface area contributed by atoms with Crippen molar-refractivity contribution in [3.05, 3.63) is 13.2 Å². The van der Waals surface area contributed by atoms with E-state index in [-0.39, 0.29) is 29.6 Å². The molecule has 0 spiro atoms. The van der Waals surface area contributed by atoms with Gasteiger partial charge < -0.3 is 10.2 Å². The third-order valence-electron chi connectivity index (χ3n) is 0. The van der Waals surface area contributed by atoms with Gasteiger partial charge in [0.2, 0.25) is 0 Å². The Labute approximate surface area is 63.9 Å². The number of carboxylic acid groups (broad SMARTS) is 2. The normalized spacial score (nSPS) is 4.00. The number of hydrogen-bond donors (Lipinski definition) is 2. The molecule has 0 bridgehead atoms. The first-order valence-corrected chi connectivity index (χ1v) is 1.15. The summed E-state index contributed by atoms with van der Waals surface area (Å²) in [6.45, 7) is 6.00. The zero-order chi connectivity index (χ0) is 5.58. The molecule has 0 saturated heterocycles. The van der Waals surface area contributed by atoms with Gasteiger partial charge in [-0.15, -0.1) is 13.2 Å². The van der Waals surface area contributed by atoms with E-state index in [1.54, 1.807) is 0 Å². The second kappa shape index (κ2) is 16.7. The molecule has 7 heavy (non-hydrogen) atoms. The van der Waals surface area contributed by atoms with Crippen molar-refractivity contribution in [3.63, 3.8) is 0 Å². The Kier molecular flexibility index (Phi) is 37.5. The van der Waals surface area contributed by atoms with Crippen LogP contribution in [0.2, 0.25) is 0 Å². The molecule has 0 aromatic heterocycles. The van der Waals surface area contributed by atoms with Crippen LogP contribution in [0.3, 0.4) is 0 Å². The predicted molar refractivity (Wildman–Crippen MR) is 29.1 cm³/mol. The van der Waals surface area contributed by atoms with Crippen molar-refractivity contribution in [2.24, 2.45) is 0 Å². The minimum atomic E-state index is -1.83. The Morgan fingerprint density at radius 1 is 1.29 bits per heavy atom. The first kappa shape index (κ1) is 15.7. The van der Waals surface area contributed by atoms with Gasteiger partial charge >= 0.3 is 35.7 Å². The molecule has 0 rings (SSSR count). The second-order valence-electron chi connectivity index (χ2n) is 0.283. The molecular weight excluding hydrogens is 107 g/mol. The Morgan fingerprint density at radius 2 is 1.29 bits per heavy atom. The van der Waals surface area contributed by atoms with E-state index in [9.17, 15) is 0 Å². The Bertz CT molecular complexity index is 41.4. The van der Waals surface area contributed by atoms with Gasteiger partial charge in [-0.25, -0.2) is 4.79 Å². The molecule has 0 unspecified atom stereocenters. The fourth-order valence-electron chi connectivity index (χ4n) is 0. The van der Waals surface area contributed by atoms with Crippen LogP contribution in [0.4, 0.5) is 4.79 Å². The molecule has 0 aliphatic heterocycles. The van der Waals surface area contributed by atoms with Gasteiger partial charge in [0.25, 0.3) is 0 Å². The van der Waals surface area contributed by atoms with Gasteiger partial charge in [0, 0.05) is 0 Å². The van der Waals surface area contributed by atoms with Gasteiger partial charge in [-0.2, -0.15) is 0 Å². The van der Waals surface area contributed by atoms with E-state index >= 15 is 0 Å². The summed E-state index contributed by atoms with van der Waals surface area (Å²) in [6, 6.07) is 0. The fourth-order valence-corrected chi connectivity index (χ4v) is 0. The van der Waals surface area contributed by atoms with E-state index in [2.05, 4.69) is 13.2 Å². The van der Waals surface area contributed by atoms with Crippen molar-refractivity contribution in [1.82, 2.24) is 0 Å². The van der Waals surface area contributed by atoms with Gasteiger partial charge in [-0.1, -0.05) is 0 Å². The molecule has 0 saturated carbocycles. The predicted octanol–water partition coefficient (Wildman–Crippen LogP) is 0.376. The third kappa shape index (κ3) is 966000. The summed E-state index contributed by atoms with van der Waals surface area (Å²) >= 11 is 0. The molecule has 0 radical (unpaired) electrons. The van der Waals surface area contributed by atoms with Crippen LogP contribution in [0.1, 0.15) is 0 Å². The van der Waals surface area contributed by atoms with Crippen LogP contribution in [0, 0.1) is 0 Å². The first-order valence-electron chi connectivity index (χ1n) is 1.15. The van der Waals surface area contributed by atoms with Crippen molar-refractivity contribution in [2.45, 2.75) is 0 Å². The summed E-state index contributed by atoms with van der Waals surface area (Å²) < 4.78 is 0. The number of rotatable bonds is 0. The topological polar surface area (TPSA) is 57.5 Å². The maximum atomic E-state index is 8.56. The van der Waals surface area contributed by atoms with Crippen molar-refractivity contribution in [2.75, 3.05) is 0 Å². The van der Waals surface area contributed by atoms with E-state index < -0.39 is 6.16 Å². The molecule has 0 aliphatic rings. The third-order valence-corrected chi connectivity index (χ3v) is 0. The first-order chi connectivity index (χ1) is 2.73. The van der Waals surface area contributed by atoms with E-state index in [0.29, 0.717) is 0 Å². The molecule has 0 aliphatic carbocycles. The molecular formula is C3H7NaO3. The molecule has 3 nitrogen and oxygen atoms in total. The molecule has 0 fully saturated rings. The van der Waals surface area contributed by atoms with E-state index in [1.807, 2.05) is 0 Å². The van der Waals surface area contributed by atoms with E-state index in [0.717, 1.165) is 0 Å². The van der Waals surface area contributed by atoms with Crippen molar-refractivity contribution in [3.8, 4) is 0 Å². The summed E-state index contributed by atoms with van der Waals surface area (Å²) in [4.78, 5) is 8.56. The van der Waals surface area contributed by atoms with Crippen LogP contribution in [0.5, 0.6) is 0 Å². The average Bonchev–Trinajstić information content (AvgIpc) is 1.41. The van der Waals surface area contributed by atoms with E-state index in [4.69, 9.17) is 15.0 Å². The Morgan fingerprint density at radius 3 is 1.29 bits per heavy atom. The standard InChI is InChI=1S/C2H4.CH2O3.Na.H/c1-2;2-1(3)4;;/h1-2H2;(H2,2,3,4);;. The van der Waals surface area contributed by atoms with Crippen molar-refractivity contribution >= 4 is 35.7 Å². The number of carbonyl (C=O) groups is 1. The zero-order valence-corrected chi connectivity index (χ0v) is 3.22. The summed E-state index contributed by atoms with van der Waals surface area (Å²) in [5, 5.41) is 13.9. The molecule has 4 heteroatoms. The quantitative estimate of drug-likeness (QED) is 0.353. The van der Waals surface area contributed by atoms with Gasteiger partial charge in [0.1, 0.15) is 0 Å². The van der Waals surface area contributed by atoms with Gasteiger partial charge in [-0.3, -0.25) is 0 Å². The minimum absolute atomic E-state index is 0. The molecule has 0 amide bonds. The molecule has 2 N–H and O–H groups in total. The van der Waals surface area contributed by atoms with Crippen LogP contribution >= 0.6 is 0 Å². The fraction of sp³-hybridized carbons (Fsp3) is 0. The second-order valence-corrected chi connectivity index (χ2v) is 0.283. The summed E-state index contributed by atoms with van der Waals surface area (Å²) in [5.74, 6) is 0. The van der Waals surface area contributed by atoms with Crippen LogP contribution < -0.4 is 0 Å². The van der Waals surface area contributed by atoms with Gasteiger partial charge in [0.15, 0.2) is 0 Å². The Hall–Kier alpha value is 0.0100. The maximum absolute atomic E-state index is 8.56.